The largest absolute Gasteiger partial charge is 0.436 e. The van der Waals surface area contributed by atoms with Gasteiger partial charge < -0.3 is 4.74 Å². The van der Waals surface area contributed by atoms with Gasteiger partial charge >= 0.3 is 0 Å². The Labute approximate surface area is 136 Å². The molecular weight excluding hydrogens is 344 g/mol. The van der Waals surface area contributed by atoms with Gasteiger partial charge in [-0.3, -0.25) is 4.79 Å². The molecular formula is C14H13F2N3O4S. The molecule has 0 aliphatic rings. The third-order valence-corrected chi connectivity index (χ3v) is 3.26. The molecule has 7 nitrogen and oxygen atoms in total. The standard InChI is InChI=1S/C14H13F2N3O4S/c1-7-4-13(18-8(2)17-7)23-12-6-10(15)9(5-11(12)16)14(20)19-24(3,21)22/h4-6H,1-3H3,(H,19,20). The second kappa shape index (κ2) is 6.48. The number of carbonyl (C=O) groups is 1. The van der Waals surface area contributed by atoms with Gasteiger partial charge in [0.15, 0.2) is 11.6 Å². The van der Waals surface area contributed by atoms with Crippen LogP contribution >= 0.6 is 0 Å². The number of benzene rings is 1. The van der Waals surface area contributed by atoms with E-state index in [9.17, 15) is 22.0 Å². The van der Waals surface area contributed by atoms with Crippen LogP contribution in [0.3, 0.4) is 0 Å². The maximum Gasteiger partial charge on any atom is 0.267 e. The Bertz CT molecular complexity index is 896. The van der Waals surface area contributed by atoms with Crippen LogP contribution in [0.15, 0.2) is 18.2 Å². The first-order valence-corrected chi connectivity index (χ1v) is 8.45. The Balaban J connectivity index is 2.34. The van der Waals surface area contributed by atoms with E-state index < -0.39 is 38.9 Å². The van der Waals surface area contributed by atoms with Crippen LogP contribution in [0, 0.1) is 25.5 Å². The van der Waals surface area contributed by atoms with Gasteiger partial charge in [0.2, 0.25) is 15.9 Å². The molecule has 0 fully saturated rings. The monoisotopic (exact) mass is 357 g/mol. The molecule has 1 aromatic carbocycles. The highest BCUT2D eigenvalue weighted by atomic mass is 32.2. The summed E-state index contributed by atoms with van der Waals surface area (Å²) in [6.45, 7) is 3.28. The van der Waals surface area contributed by atoms with Crippen molar-refractivity contribution >= 4 is 15.9 Å². The van der Waals surface area contributed by atoms with Gasteiger partial charge in [0.1, 0.15) is 11.6 Å². The van der Waals surface area contributed by atoms with Crippen molar-refractivity contribution in [3.8, 4) is 11.6 Å². The molecule has 0 aliphatic carbocycles. The van der Waals surface area contributed by atoms with Gasteiger partial charge in [0.25, 0.3) is 5.91 Å². The van der Waals surface area contributed by atoms with Crippen LogP contribution in [-0.4, -0.2) is 30.5 Å². The zero-order valence-electron chi connectivity index (χ0n) is 12.9. The number of rotatable bonds is 4. The van der Waals surface area contributed by atoms with Crippen molar-refractivity contribution in [2.75, 3.05) is 6.26 Å². The summed E-state index contributed by atoms with van der Waals surface area (Å²) in [5, 5.41) is 0. The number of amides is 1. The highest BCUT2D eigenvalue weighted by Gasteiger charge is 2.20. The number of nitrogens with one attached hydrogen (secondary N) is 1. The molecule has 24 heavy (non-hydrogen) atoms. The fraction of sp³-hybridized carbons (Fsp3) is 0.214. The molecule has 0 spiro atoms. The third kappa shape index (κ3) is 4.44. The first-order valence-electron chi connectivity index (χ1n) is 6.56. The van der Waals surface area contributed by atoms with Gasteiger partial charge in [0, 0.05) is 17.8 Å². The molecule has 1 heterocycles. The van der Waals surface area contributed by atoms with Crippen molar-refractivity contribution in [2.45, 2.75) is 13.8 Å². The fourth-order valence-electron chi connectivity index (χ4n) is 1.85. The first-order chi connectivity index (χ1) is 11.0. The molecule has 10 heteroatoms. The smallest absolute Gasteiger partial charge is 0.267 e. The predicted molar refractivity (Wildman–Crippen MR) is 80.2 cm³/mol. The lowest BCUT2D eigenvalue weighted by Crippen LogP contribution is -2.30. The topological polar surface area (TPSA) is 98.2 Å². The van der Waals surface area contributed by atoms with E-state index in [1.54, 1.807) is 18.6 Å². The van der Waals surface area contributed by atoms with Crippen LogP contribution in [0.1, 0.15) is 21.9 Å². The van der Waals surface area contributed by atoms with E-state index in [1.165, 1.54) is 6.07 Å². The molecule has 128 valence electrons. The van der Waals surface area contributed by atoms with Crippen molar-refractivity contribution in [1.29, 1.82) is 0 Å². The Hall–Kier alpha value is -2.62. The van der Waals surface area contributed by atoms with Crippen LogP contribution in [0.4, 0.5) is 8.78 Å². The highest BCUT2D eigenvalue weighted by molar-refractivity contribution is 7.89. The fourth-order valence-corrected chi connectivity index (χ4v) is 2.30. The van der Waals surface area contributed by atoms with E-state index in [4.69, 9.17) is 4.74 Å². The zero-order chi connectivity index (χ0) is 18.1. The van der Waals surface area contributed by atoms with Gasteiger partial charge in [-0.05, 0) is 19.9 Å². The van der Waals surface area contributed by atoms with Gasteiger partial charge in [-0.1, -0.05) is 0 Å². The predicted octanol–water partition coefficient (Wildman–Crippen LogP) is 1.85. The third-order valence-electron chi connectivity index (χ3n) is 2.70. The highest BCUT2D eigenvalue weighted by Crippen LogP contribution is 2.26. The normalized spacial score (nSPS) is 11.2. The van der Waals surface area contributed by atoms with Crippen molar-refractivity contribution in [1.82, 2.24) is 14.7 Å². The van der Waals surface area contributed by atoms with Gasteiger partial charge in [-0.25, -0.2) is 26.9 Å². The minimum Gasteiger partial charge on any atom is -0.436 e. The van der Waals surface area contributed by atoms with Gasteiger partial charge in [0.05, 0.1) is 11.8 Å². The number of hydrogen-bond donors (Lipinski definition) is 1. The average molecular weight is 357 g/mol. The van der Waals surface area contributed by atoms with E-state index in [2.05, 4.69) is 9.97 Å². The number of aryl methyl sites for hydroxylation is 2. The number of sulfonamides is 1. The molecule has 1 N–H and O–H groups in total. The van der Waals surface area contributed by atoms with Crippen LogP contribution in [0.25, 0.3) is 0 Å². The molecule has 2 rings (SSSR count). The van der Waals surface area contributed by atoms with E-state index in [1.807, 2.05) is 0 Å². The maximum atomic E-state index is 14.0. The van der Waals surface area contributed by atoms with E-state index in [0.717, 1.165) is 6.26 Å². The van der Waals surface area contributed by atoms with Crippen molar-refractivity contribution < 1.29 is 26.7 Å². The average Bonchev–Trinajstić information content (AvgIpc) is 2.39. The number of aromatic nitrogens is 2. The van der Waals surface area contributed by atoms with Crippen LogP contribution < -0.4 is 9.46 Å². The molecule has 0 bridgehead atoms. The molecule has 0 atom stereocenters. The summed E-state index contributed by atoms with van der Waals surface area (Å²) < 4.78 is 56.7. The Morgan fingerprint density at radius 1 is 1.12 bits per heavy atom. The first kappa shape index (κ1) is 17.7. The summed E-state index contributed by atoms with van der Waals surface area (Å²) in [5.74, 6) is -3.59. The molecule has 0 saturated heterocycles. The molecule has 0 unspecified atom stereocenters. The lowest BCUT2D eigenvalue weighted by Gasteiger charge is -2.10. The number of ether oxygens (including phenoxy) is 1. The molecule has 0 radical (unpaired) electrons. The van der Waals surface area contributed by atoms with Crippen molar-refractivity contribution in [2.24, 2.45) is 0 Å². The van der Waals surface area contributed by atoms with Crippen LogP contribution in [-0.2, 0) is 10.0 Å². The maximum absolute atomic E-state index is 14.0. The van der Waals surface area contributed by atoms with Gasteiger partial charge in [-0.2, -0.15) is 4.98 Å². The summed E-state index contributed by atoms with van der Waals surface area (Å²) in [6, 6.07) is 2.61. The summed E-state index contributed by atoms with van der Waals surface area (Å²) in [5.41, 5.74) is -0.192. The van der Waals surface area contributed by atoms with Crippen molar-refractivity contribution in [3.63, 3.8) is 0 Å². The van der Waals surface area contributed by atoms with Crippen LogP contribution in [0.5, 0.6) is 11.6 Å². The number of nitrogens with zero attached hydrogens (tertiary/aromatic N) is 2. The Morgan fingerprint density at radius 3 is 2.38 bits per heavy atom. The SMILES string of the molecule is Cc1cc(Oc2cc(F)c(C(=O)NS(C)(=O)=O)cc2F)nc(C)n1. The number of carbonyl (C=O) groups excluding carboxylic acids is 1. The van der Waals surface area contributed by atoms with Crippen molar-refractivity contribution in [3.05, 3.63) is 46.9 Å². The number of hydrogen-bond acceptors (Lipinski definition) is 6. The van der Waals surface area contributed by atoms with Gasteiger partial charge in [-0.15, -0.1) is 0 Å². The lowest BCUT2D eigenvalue weighted by molar-refractivity contribution is 0.0977. The van der Waals surface area contributed by atoms with E-state index in [-0.39, 0.29) is 5.88 Å². The second-order valence-corrected chi connectivity index (χ2v) is 6.71. The Kier molecular flexibility index (Phi) is 4.78. The van der Waals surface area contributed by atoms with Crippen LogP contribution in [0.2, 0.25) is 0 Å². The summed E-state index contributed by atoms with van der Waals surface area (Å²) in [4.78, 5) is 19.6. The number of halogens is 2. The minimum absolute atomic E-state index is 0.00615. The Morgan fingerprint density at radius 2 is 1.79 bits per heavy atom. The molecule has 0 saturated carbocycles. The summed E-state index contributed by atoms with van der Waals surface area (Å²) in [6.07, 6.45) is 0.719. The summed E-state index contributed by atoms with van der Waals surface area (Å²) in [7, 11) is -3.91. The van der Waals surface area contributed by atoms with E-state index >= 15 is 0 Å². The lowest BCUT2D eigenvalue weighted by atomic mass is 10.2. The molecule has 2 aromatic rings. The molecule has 1 aromatic heterocycles. The van der Waals surface area contributed by atoms with E-state index in [0.29, 0.717) is 23.7 Å². The second-order valence-electron chi connectivity index (χ2n) is 4.96. The summed E-state index contributed by atoms with van der Waals surface area (Å²) >= 11 is 0. The minimum atomic E-state index is -3.91. The zero-order valence-corrected chi connectivity index (χ0v) is 13.7. The quantitative estimate of drug-likeness (QED) is 0.897. The molecule has 1 amide bonds. The molecule has 0 aliphatic heterocycles.